The van der Waals surface area contributed by atoms with Gasteiger partial charge in [-0.2, -0.15) is 0 Å². The van der Waals surface area contributed by atoms with Crippen LogP contribution in [-0.2, 0) is 14.3 Å². The zero-order valence-corrected chi connectivity index (χ0v) is 48.2. The Morgan fingerprint density at radius 3 is 0.958 bits per heavy atom. The Labute approximate surface area is 444 Å². The maximum Gasteiger partial charge on any atom is 0.305 e. The monoisotopic (exact) mass is 1000 g/mol. The quantitative estimate of drug-likeness (QED) is 0.0320. The summed E-state index contributed by atoms with van der Waals surface area (Å²) in [6.07, 6.45) is 74.0. The van der Waals surface area contributed by atoms with Crippen LogP contribution >= 0.6 is 0 Å². The molecule has 71 heavy (non-hydrogen) atoms. The van der Waals surface area contributed by atoms with E-state index in [9.17, 15) is 19.8 Å². The summed E-state index contributed by atoms with van der Waals surface area (Å²) in [5.74, 6) is -0.0494. The van der Waals surface area contributed by atoms with Crippen LogP contribution in [0.15, 0.2) is 12.2 Å². The third kappa shape index (κ3) is 57.7. The SMILES string of the molecule is CCCCCCCCCCCCCCCCCCC/C=C/C(O)C(CO)NC(=O)CCCCCCCCCCCCCCCCCCCCCCCCOC(=O)CCCCCCCCCCCCCCC. The third-order valence-corrected chi connectivity index (χ3v) is 15.3. The molecule has 0 radical (unpaired) electrons. The molecule has 0 spiro atoms. The lowest BCUT2D eigenvalue weighted by atomic mass is 10.0. The van der Waals surface area contributed by atoms with Crippen molar-refractivity contribution in [2.24, 2.45) is 0 Å². The molecule has 0 saturated heterocycles. The Morgan fingerprint density at radius 2 is 0.648 bits per heavy atom. The summed E-state index contributed by atoms with van der Waals surface area (Å²) in [5, 5.41) is 23.2. The summed E-state index contributed by atoms with van der Waals surface area (Å²) in [6.45, 7) is 4.94. The van der Waals surface area contributed by atoms with Gasteiger partial charge in [0.25, 0.3) is 0 Å². The van der Waals surface area contributed by atoms with Crippen molar-refractivity contribution < 1.29 is 24.5 Å². The molecule has 6 nitrogen and oxygen atoms in total. The molecular weight excluding hydrogens is 875 g/mol. The number of carbonyl (C=O) groups is 2. The van der Waals surface area contributed by atoms with Crippen molar-refractivity contribution in [2.75, 3.05) is 13.2 Å². The Balaban J connectivity index is 3.40. The first-order chi connectivity index (χ1) is 35.0. The molecule has 0 aromatic heterocycles. The van der Waals surface area contributed by atoms with E-state index in [1.807, 2.05) is 6.08 Å². The van der Waals surface area contributed by atoms with Crippen LogP contribution < -0.4 is 5.32 Å². The van der Waals surface area contributed by atoms with Gasteiger partial charge < -0.3 is 20.3 Å². The van der Waals surface area contributed by atoms with Crippen molar-refractivity contribution in [3.05, 3.63) is 12.2 Å². The number of aliphatic hydroxyl groups is 2. The van der Waals surface area contributed by atoms with E-state index in [2.05, 4.69) is 19.2 Å². The Kier molecular flexibility index (Phi) is 59.9. The van der Waals surface area contributed by atoms with Gasteiger partial charge in [0.15, 0.2) is 0 Å². The second kappa shape index (κ2) is 61.1. The minimum atomic E-state index is -0.844. The van der Waals surface area contributed by atoms with Crippen LogP contribution in [0.1, 0.15) is 367 Å². The normalized spacial score (nSPS) is 12.6. The van der Waals surface area contributed by atoms with E-state index in [1.54, 1.807) is 6.08 Å². The average Bonchev–Trinajstić information content (AvgIpc) is 3.37. The fraction of sp³-hybridized carbons (Fsp3) is 0.938. The van der Waals surface area contributed by atoms with Crippen LogP contribution in [0.2, 0.25) is 0 Å². The highest BCUT2D eigenvalue weighted by Gasteiger charge is 2.18. The van der Waals surface area contributed by atoms with Gasteiger partial charge in [0.1, 0.15) is 0 Å². The molecule has 0 aromatic rings. The predicted molar refractivity (Wildman–Crippen MR) is 310 cm³/mol. The molecule has 6 heteroatoms. The molecule has 1 amide bonds. The molecule has 2 unspecified atom stereocenters. The molecule has 0 fully saturated rings. The first-order valence-electron chi connectivity index (χ1n) is 32.5. The van der Waals surface area contributed by atoms with Crippen LogP contribution in [0.5, 0.6) is 0 Å². The second-order valence-corrected chi connectivity index (χ2v) is 22.5. The Morgan fingerprint density at radius 1 is 0.380 bits per heavy atom. The first kappa shape index (κ1) is 69.6. The smallest absolute Gasteiger partial charge is 0.305 e. The van der Waals surface area contributed by atoms with Gasteiger partial charge in [0.05, 0.1) is 25.4 Å². The molecule has 0 aliphatic carbocycles. The van der Waals surface area contributed by atoms with Crippen LogP contribution in [0.3, 0.4) is 0 Å². The highest BCUT2D eigenvalue weighted by Crippen LogP contribution is 2.18. The minimum Gasteiger partial charge on any atom is -0.466 e. The van der Waals surface area contributed by atoms with Gasteiger partial charge in [-0.15, -0.1) is 0 Å². The van der Waals surface area contributed by atoms with Crippen molar-refractivity contribution in [3.8, 4) is 0 Å². The van der Waals surface area contributed by atoms with Crippen molar-refractivity contribution >= 4 is 11.9 Å². The number of ether oxygens (including phenoxy) is 1. The molecule has 422 valence electrons. The predicted octanol–water partition coefficient (Wildman–Crippen LogP) is 20.4. The highest BCUT2D eigenvalue weighted by molar-refractivity contribution is 5.76. The largest absolute Gasteiger partial charge is 0.466 e. The van der Waals surface area contributed by atoms with Crippen LogP contribution in [0.25, 0.3) is 0 Å². The van der Waals surface area contributed by atoms with Gasteiger partial charge in [0, 0.05) is 12.8 Å². The van der Waals surface area contributed by atoms with Crippen LogP contribution in [0, 0.1) is 0 Å². The number of nitrogens with one attached hydrogen (secondary N) is 1. The molecular formula is C65H127NO5. The number of allylic oxidation sites excluding steroid dienone is 1. The molecule has 0 saturated carbocycles. The summed E-state index contributed by atoms with van der Waals surface area (Å²) in [6, 6.07) is -0.628. The molecule has 0 aliphatic rings. The van der Waals surface area contributed by atoms with Crippen molar-refractivity contribution in [1.82, 2.24) is 5.32 Å². The van der Waals surface area contributed by atoms with Gasteiger partial charge in [-0.05, 0) is 32.1 Å². The second-order valence-electron chi connectivity index (χ2n) is 22.5. The number of hydrogen-bond donors (Lipinski definition) is 3. The lowest BCUT2D eigenvalue weighted by molar-refractivity contribution is -0.143. The molecule has 2 atom stereocenters. The summed E-state index contributed by atoms with van der Waals surface area (Å²) in [4.78, 5) is 24.5. The maximum absolute atomic E-state index is 12.5. The number of rotatable bonds is 61. The standard InChI is InChI=1S/C65H127NO5/c1-3-5-7-9-11-13-15-17-18-19-24-27-30-34-37-41-45-49-53-57-63(68)62(61-67)66-64(69)58-54-50-46-42-38-35-31-28-25-22-20-21-23-26-29-32-36-40-44-48-52-56-60-71-65(70)59-55-51-47-43-39-33-16-14-12-10-8-6-4-2/h53,57,62-63,67-68H,3-52,54-56,58-61H2,1-2H3,(H,66,69)/b57-53+. The molecule has 0 bridgehead atoms. The van der Waals surface area contributed by atoms with Gasteiger partial charge in [0.2, 0.25) is 5.91 Å². The lowest BCUT2D eigenvalue weighted by Gasteiger charge is -2.20. The minimum absolute atomic E-state index is 0.0151. The number of amides is 1. The maximum atomic E-state index is 12.5. The lowest BCUT2D eigenvalue weighted by Crippen LogP contribution is -2.45. The number of aliphatic hydroxyl groups excluding tert-OH is 2. The summed E-state index contributed by atoms with van der Waals surface area (Å²) in [5.41, 5.74) is 0. The average molecular weight is 1000 g/mol. The fourth-order valence-electron chi connectivity index (χ4n) is 10.3. The number of esters is 1. The van der Waals surface area contributed by atoms with Gasteiger partial charge in [-0.25, -0.2) is 0 Å². The summed E-state index contributed by atoms with van der Waals surface area (Å²) < 4.78 is 5.48. The molecule has 0 heterocycles. The van der Waals surface area contributed by atoms with E-state index >= 15 is 0 Å². The van der Waals surface area contributed by atoms with Crippen molar-refractivity contribution in [1.29, 1.82) is 0 Å². The first-order valence-corrected chi connectivity index (χ1v) is 32.5. The van der Waals surface area contributed by atoms with Crippen LogP contribution in [0.4, 0.5) is 0 Å². The number of unbranched alkanes of at least 4 members (excludes halogenated alkanes) is 50. The van der Waals surface area contributed by atoms with Crippen LogP contribution in [-0.4, -0.2) is 47.4 Å². The van der Waals surface area contributed by atoms with E-state index in [4.69, 9.17) is 4.74 Å². The zero-order chi connectivity index (χ0) is 51.4. The van der Waals surface area contributed by atoms with Gasteiger partial charge in [-0.3, -0.25) is 9.59 Å². The van der Waals surface area contributed by atoms with E-state index < -0.39 is 12.1 Å². The van der Waals surface area contributed by atoms with Crippen molar-refractivity contribution in [2.45, 2.75) is 379 Å². The third-order valence-electron chi connectivity index (χ3n) is 15.3. The van der Waals surface area contributed by atoms with Gasteiger partial charge in [-0.1, -0.05) is 334 Å². The summed E-state index contributed by atoms with van der Waals surface area (Å²) >= 11 is 0. The van der Waals surface area contributed by atoms with E-state index in [0.29, 0.717) is 19.4 Å². The molecule has 0 aromatic carbocycles. The summed E-state index contributed by atoms with van der Waals surface area (Å²) in [7, 11) is 0. The Bertz CT molecular complexity index is 1060. The van der Waals surface area contributed by atoms with Gasteiger partial charge >= 0.3 is 5.97 Å². The van der Waals surface area contributed by atoms with Crippen molar-refractivity contribution in [3.63, 3.8) is 0 Å². The fourth-order valence-corrected chi connectivity index (χ4v) is 10.3. The molecule has 0 rings (SSSR count). The molecule has 0 aliphatic heterocycles. The number of carbonyl (C=O) groups excluding carboxylic acids is 2. The number of hydrogen-bond acceptors (Lipinski definition) is 5. The Hall–Kier alpha value is -1.40. The molecule has 3 N–H and O–H groups in total. The topological polar surface area (TPSA) is 95.9 Å². The van der Waals surface area contributed by atoms with E-state index in [-0.39, 0.29) is 18.5 Å². The highest BCUT2D eigenvalue weighted by atomic mass is 16.5. The van der Waals surface area contributed by atoms with E-state index in [1.165, 1.54) is 302 Å². The zero-order valence-electron chi connectivity index (χ0n) is 48.2. The van der Waals surface area contributed by atoms with E-state index in [0.717, 1.165) is 38.5 Å².